The van der Waals surface area contributed by atoms with Crippen molar-refractivity contribution < 1.29 is 18.3 Å². The van der Waals surface area contributed by atoms with Crippen molar-refractivity contribution >= 4 is 21.7 Å². The second-order valence-electron chi connectivity index (χ2n) is 3.27. The van der Waals surface area contributed by atoms with Gasteiger partial charge in [-0.15, -0.1) is 0 Å². The van der Waals surface area contributed by atoms with E-state index in [0.29, 0.717) is 12.2 Å². The summed E-state index contributed by atoms with van der Waals surface area (Å²) in [7, 11) is -3.45. The average molecular weight is 258 g/mol. The number of sulfonamides is 1. The van der Waals surface area contributed by atoms with Gasteiger partial charge in [-0.1, -0.05) is 6.92 Å². The van der Waals surface area contributed by atoms with Crippen molar-refractivity contribution in [2.24, 2.45) is 0 Å². The van der Waals surface area contributed by atoms with E-state index in [1.807, 2.05) is 0 Å². The molecule has 1 aromatic carbocycles. The van der Waals surface area contributed by atoms with Gasteiger partial charge in [0.1, 0.15) is 6.54 Å². The number of nitrogens with one attached hydrogen (secondary N) is 2. The van der Waals surface area contributed by atoms with Crippen LogP contribution < -0.4 is 10.0 Å². The highest BCUT2D eigenvalue weighted by atomic mass is 32.2. The van der Waals surface area contributed by atoms with Crippen molar-refractivity contribution in [2.75, 3.05) is 18.4 Å². The molecule has 0 unspecified atom stereocenters. The number of carboxylic acids is 1. The highest BCUT2D eigenvalue weighted by Crippen LogP contribution is 2.13. The summed E-state index contributed by atoms with van der Waals surface area (Å²) in [4.78, 5) is 10.5. The van der Waals surface area contributed by atoms with Gasteiger partial charge < -0.3 is 10.4 Å². The molecule has 0 atom stereocenters. The molecule has 0 aliphatic carbocycles. The Kier molecular flexibility index (Phi) is 4.47. The molecule has 0 radical (unpaired) electrons. The summed E-state index contributed by atoms with van der Waals surface area (Å²) in [5, 5.41) is 11.1. The van der Waals surface area contributed by atoms with E-state index in [1.165, 1.54) is 24.3 Å². The fourth-order valence-electron chi connectivity index (χ4n) is 1.20. The molecular weight excluding hydrogens is 244 g/mol. The Bertz CT molecular complexity index is 482. The van der Waals surface area contributed by atoms with E-state index in [0.717, 1.165) is 0 Å². The number of anilines is 1. The van der Waals surface area contributed by atoms with E-state index in [4.69, 9.17) is 5.11 Å². The first-order chi connectivity index (χ1) is 7.95. The van der Waals surface area contributed by atoms with Gasteiger partial charge in [0.05, 0.1) is 4.90 Å². The van der Waals surface area contributed by atoms with E-state index < -0.39 is 16.0 Å². The first kappa shape index (κ1) is 13.5. The quantitative estimate of drug-likeness (QED) is 0.690. The van der Waals surface area contributed by atoms with Crippen LogP contribution in [0.25, 0.3) is 0 Å². The largest absolute Gasteiger partial charge is 0.480 e. The maximum atomic E-state index is 11.6. The molecule has 0 fully saturated rings. The highest BCUT2D eigenvalue weighted by molar-refractivity contribution is 7.89. The van der Waals surface area contributed by atoms with E-state index in [9.17, 15) is 13.2 Å². The van der Waals surface area contributed by atoms with Crippen molar-refractivity contribution in [3.63, 3.8) is 0 Å². The smallest absolute Gasteiger partial charge is 0.322 e. The summed E-state index contributed by atoms with van der Waals surface area (Å²) < 4.78 is 25.5. The third-order valence-corrected chi connectivity index (χ3v) is 3.50. The van der Waals surface area contributed by atoms with Crippen molar-refractivity contribution in [2.45, 2.75) is 11.8 Å². The van der Waals surface area contributed by atoms with Crippen LogP contribution >= 0.6 is 0 Å². The zero-order valence-corrected chi connectivity index (χ0v) is 10.1. The van der Waals surface area contributed by atoms with Crippen LogP contribution in [0.5, 0.6) is 0 Å². The van der Waals surface area contributed by atoms with Gasteiger partial charge in [0, 0.05) is 12.2 Å². The van der Waals surface area contributed by atoms with Gasteiger partial charge in [-0.05, 0) is 24.3 Å². The number of hydrogen-bond acceptors (Lipinski definition) is 4. The standard InChI is InChI=1S/C10H14N2O4S/c1-2-12-17(15,16)9-5-3-8(4-6-9)11-7-10(13)14/h3-6,11-12H,2,7H2,1H3,(H,13,14). The Morgan fingerprint density at radius 2 is 1.88 bits per heavy atom. The van der Waals surface area contributed by atoms with Crippen molar-refractivity contribution in [3.8, 4) is 0 Å². The fraction of sp³-hybridized carbons (Fsp3) is 0.300. The minimum atomic E-state index is -3.45. The molecule has 0 saturated heterocycles. The lowest BCUT2D eigenvalue weighted by atomic mass is 10.3. The molecule has 1 rings (SSSR count). The molecule has 0 spiro atoms. The Labute approximate surface area is 99.7 Å². The molecule has 17 heavy (non-hydrogen) atoms. The molecule has 7 heteroatoms. The summed E-state index contributed by atoms with van der Waals surface area (Å²) >= 11 is 0. The van der Waals surface area contributed by atoms with Crippen LogP contribution in [0.2, 0.25) is 0 Å². The molecule has 1 aromatic rings. The van der Waals surface area contributed by atoms with Gasteiger partial charge in [-0.2, -0.15) is 0 Å². The molecule has 0 bridgehead atoms. The minimum absolute atomic E-state index is 0.153. The van der Waals surface area contributed by atoms with Crippen molar-refractivity contribution in [3.05, 3.63) is 24.3 Å². The molecule has 6 nitrogen and oxygen atoms in total. The molecule has 0 amide bonds. The van der Waals surface area contributed by atoms with E-state index in [2.05, 4.69) is 10.0 Å². The van der Waals surface area contributed by atoms with Gasteiger partial charge >= 0.3 is 5.97 Å². The van der Waals surface area contributed by atoms with Crippen LogP contribution in [0.3, 0.4) is 0 Å². The first-order valence-electron chi connectivity index (χ1n) is 5.01. The Morgan fingerprint density at radius 1 is 1.29 bits per heavy atom. The molecule has 3 N–H and O–H groups in total. The van der Waals surface area contributed by atoms with Gasteiger partial charge in [0.2, 0.25) is 10.0 Å². The predicted octanol–water partition coefficient (Wildman–Crippen LogP) is 0.481. The molecular formula is C10H14N2O4S. The third kappa shape index (κ3) is 4.04. The van der Waals surface area contributed by atoms with Crippen LogP contribution in [0, 0.1) is 0 Å². The molecule has 0 saturated carbocycles. The number of benzene rings is 1. The average Bonchev–Trinajstić information content (AvgIpc) is 2.27. The summed E-state index contributed by atoms with van der Waals surface area (Å²) in [6.07, 6.45) is 0. The van der Waals surface area contributed by atoms with Gasteiger partial charge in [0.15, 0.2) is 0 Å². The van der Waals surface area contributed by atoms with E-state index in [1.54, 1.807) is 6.92 Å². The first-order valence-corrected chi connectivity index (χ1v) is 6.49. The second kappa shape index (κ2) is 5.65. The lowest BCUT2D eigenvalue weighted by Gasteiger charge is -2.06. The van der Waals surface area contributed by atoms with Crippen LogP contribution in [-0.4, -0.2) is 32.6 Å². The molecule has 0 aromatic heterocycles. The number of rotatable bonds is 6. The molecule has 94 valence electrons. The normalized spacial score (nSPS) is 11.1. The van der Waals surface area contributed by atoms with Crippen molar-refractivity contribution in [1.29, 1.82) is 0 Å². The fourth-order valence-corrected chi connectivity index (χ4v) is 2.24. The number of aliphatic carboxylic acids is 1. The lowest BCUT2D eigenvalue weighted by molar-refractivity contribution is -0.134. The molecule has 0 aliphatic rings. The van der Waals surface area contributed by atoms with Gasteiger partial charge in [-0.3, -0.25) is 4.79 Å². The van der Waals surface area contributed by atoms with Crippen LogP contribution in [0.4, 0.5) is 5.69 Å². The lowest BCUT2D eigenvalue weighted by Crippen LogP contribution is -2.23. The van der Waals surface area contributed by atoms with Crippen LogP contribution in [0.1, 0.15) is 6.92 Å². The Balaban J connectivity index is 2.78. The minimum Gasteiger partial charge on any atom is -0.480 e. The van der Waals surface area contributed by atoms with Crippen LogP contribution in [-0.2, 0) is 14.8 Å². The van der Waals surface area contributed by atoms with E-state index in [-0.39, 0.29) is 11.4 Å². The SMILES string of the molecule is CCNS(=O)(=O)c1ccc(NCC(=O)O)cc1. The highest BCUT2D eigenvalue weighted by Gasteiger charge is 2.11. The summed E-state index contributed by atoms with van der Waals surface area (Å²) in [6.45, 7) is 1.81. The Morgan fingerprint density at radius 3 is 2.35 bits per heavy atom. The monoisotopic (exact) mass is 258 g/mol. The molecule has 0 aliphatic heterocycles. The third-order valence-electron chi connectivity index (χ3n) is 1.94. The number of carboxylic acid groups (broad SMARTS) is 1. The maximum absolute atomic E-state index is 11.6. The maximum Gasteiger partial charge on any atom is 0.322 e. The predicted molar refractivity (Wildman–Crippen MR) is 63.4 cm³/mol. The zero-order valence-electron chi connectivity index (χ0n) is 9.30. The number of hydrogen-bond donors (Lipinski definition) is 3. The van der Waals surface area contributed by atoms with Crippen molar-refractivity contribution in [1.82, 2.24) is 4.72 Å². The van der Waals surface area contributed by atoms with E-state index >= 15 is 0 Å². The van der Waals surface area contributed by atoms with Gasteiger partial charge in [-0.25, -0.2) is 13.1 Å². The second-order valence-corrected chi connectivity index (χ2v) is 5.04. The summed E-state index contributed by atoms with van der Waals surface area (Å²) in [5.74, 6) is -0.977. The summed E-state index contributed by atoms with van der Waals surface area (Å²) in [6, 6.07) is 5.88. The number of carbonyl (C=O) groups is 1. The summed E-state index contributed by atoms with van der Waals surface area (Å²) in [5.41, 5.74) is 0.558. The topological polar surface area (TPSA) is 95.5 Å². The van der Waals surface area contributed by atoms with Gasteiger partial charge in [0.25, 0.3) is 0 Å². The molecule has 0 heterocycles. The Hall–Kier alpha value is -1.60. The van der Waals surface area contributed by atoms with Crippen LogP contribution in [0.15, 0.2) is 29.2 Å². The zero-order chi connectivity index (χ0) is 12.9.